The Labute approximate surface area is 191 Å². The Bertz CT molecular complexity index is 1310. The maximum absolute atomic E-state index is 12.6. The fraction of sp³-hybridized carbons (Fsp3) is 0.0741. The van der Waals surface area contributed by atoms with E-state index in [-0.39, 0.29) is 12.5 Å². The molecule has 4 rings (SSSR count). The zero-order chi connectivity index (χ0) is 23.0. The maximum atomic E-state index is 12.6. The Morgan fingerprint density at radius 1 is 0.879 bits per heavy atom. The minimum atomic E-state index is -0.422. The number of fused-ring (bicyclic) bond motifs is 1. The number of benzene rings is 4. The molecule has 0 aliphatic carbocycles. The fourth-order valence-electron chi connectivity index (χ4n) is 3.26. The molecule has 1 amide bonds. The molecular weight excluding hydrogens is 416 g/mol. The summed E-state index contributed by atoms with van der Waals surface area (Å²) in [6.45, 7) is 1.78. The SMILES string of the molecule is Cc1ccccc1OCC(=O)NN=Cc1ccc(OC(=O)c2cccc3ccccc23)cc1. The van der Waals surface area contributed by atoms with Gasteiger partial charge < -0.3 is 9.47 Å². The van der Waals surface area contributed by atoms with Crippen LogP contribution in [-0.4, -0.2) is 24.7 Å². The van der Waals surface area contributed by atoms with Gasteiger partial charge in [0, 0.05) is 0 Å². The van der Waals surface area contributed by atoms with E-state index in [1.165, 1.54) is 6.21 Å². The molecule has 0 atom stereocenters. The molecule has 6 nitrogen and oxygen atoms in total. The number of hydrogen-bond donors (Lipinski definition) is 1. The fourth-order valence-corrected chi connectivity index (χ4v) is 3.26. The number of aryl methyl sites for hydroxylation is 1. The molecule has 33 heavy (non-hydrogen) atoms. The third-order valence-corrected chi connectivity index (χ3v) is 4.96. The van der Waals surface area contributed by atoms with Crippen molar-refractivity contribution in [2.24, 2.45) is 5.10 Å². The summed E-state index contributed by atoms with van der Waals surface area (Å²) in [5.41, 5.74) is 4.62. The minimum Gasteiger partial charge on any atom is -0.483 e. The topological polar surface area (TPSA) is 77.0 Å². The largest absolute Gasteiger partial charge is 0.483 e. The van der Waals surface area contributed by atoms with Crippen LogP contribution in [0.25, 0.3) is 10.8 Å². The predicted octanol–water partition coefficient (Wildman–Crippen LogP) is 4.90. The molecule has 0 aromatic heterocycles. The molecule has 1 N–H and O–H groups in total. The van der Waals surface area contributed by atoms with Crippen molar-refractivity contribution in [2.45, 2.75) is 6.92 Å². The Balaban J connectivity index is 1.30. The number of ether oxygens (including phenoxy) is 2. The summed E-state index contributed by atoms with van der Waals surface area (Å²) in [7, 11) is 0. The summed E-state index contributed by atoms with van der Waals surface area (Å²) in [6.07, 6.45) is 1.50. The second-order valence-electron chi connectivity index (χ2n) is 7.33. The normalized spacial score (nSPS) is 10.8. The second-order valence-corrected chi connectivity index (χ2v) is 7.33. The maximum Gasteiger partial charge on any atom is 0.344 e. The van der Waals surface area contributed by atoms with Crippen molar-refractivity contribution in [1.82, 2.24) is 5.43 Å². The molecule has 0 aliphatic heterocycles. The van der Waals surface area contributed by atoms with E-state index < -0.39 is 5.97 Å². The molecule has 0 radical (unpaired) electrons. The Morgan fingerprint density at radius 3 is 2.42 bits per heavy atom. The van der Waals surface area contributed by atoms with Gasteiger partial charge in [-0.3, -0.25) is 4.79 Å². The third-order valence-electron chi connectivity index (χ3n) is 4.96. The highest BCUT2D eigenvalue weighted by Gasteiger charge is 2.12. The van der Waals surface area contributed by atoms with E-state index >= 15 is 0 Å². The summed E-state index contributed by atoms with van der Waals surface area (Å²) in [5.74, 6) is 0.287. The predicted molar refractivity (Wildman–Crippen MR) is 128 cm³/mol. The number of carbonyl (C=O) groups is 2. The first kappa shape index (κ1) is 21.8. The van der Waals surface area contributed by atoms with Crippen molar-refractivity contribution < 1.29 is 19.1 Å². The van der Waals surface area contributed by atoms with Gasteiger partial charge in [0.25, 0.3) is 5.91 Å². The molecule has 0 unspecified atom stereocenters. The highest BCUT2D eigenvalue weighted by molar-refractivity contribution is 6.05. The van der Waals surface area contributed by atoms with Crippen molar-refractivity contribution in [3.05, 3.63) is 108 Å². The summed E-state index contributed by atoms with van der Waals surface area (Å²) >= 11 is 0. The number of carbonyl (C=O) groups excluding carboxylic acids is 2. The highest BCUT2D eigenvalue weighted by atomic mass is 16.5. The molecule has 0 spiro atoms. The lowest BCUT2D eigenvalue weighted by atomic mass is 10.0. The first-order chi connectivity index (χ1) is 16.1. The standard InChI is InChI=1S/C27H22N2O4/c1-19-7-2-5-12-25(19)32-18-26(30)29-28-17-20-13-15-22(16-14-20)33-27(31)24-11-6-9-21-8-3-4-10-23(21)24/h2-17H,18H2,1H3,(H,29,30). The van der Waals surface area contributed by atoms with Crippen LogP contribution in [-0.2, 0) is 4.79 Å². The summed E-state index contributed by atoms with van der Waals surface area (Å²) in [4.78, 5) is 24.6. The van der Waals surface area contributed by atoms with Crippen molar-refractivity contribution >= 4 is 28.9 Å². The molecule has 164 valence electrons. The Hall–Kier alpha value is -4.45. The molecule has 0 saturated carbocycles. The lowest BCUT2D eigenvalue weighted by Gasteiger charge is -2.08. The van der Waals surface area contributed by atoms with Gasteiger partial charge in [-0.15, -0.1) is 0 Å². The van der Waals surface area contributed by atoms with E-state index in [1.807, 2.05) is 61.5 Å². The number of rotatable bonds is 7. The summed E-state index contributed by atoms with van der Waals surface area (Å²) in [6, 6.07) is 27.5. The lowest BCUT2D eigenvalue weighted by Crippen LogP contribution is -2.24. The van der Waals surface area contributed by atoms with Gasteiger partial charge in [0.15, 0.2) is 6.61 Å². The number of para-hydroxylation sites is 1. The third kappa shape index (κ3) is 5.62. The van der Waals surface area contributed by atoms with E-state index in [9.17, 15) is 9.59 Å². The van der Waals surface area contributed by atoms with Crippen LogP contribution in [0.5, 0.6) is 11.5 Å². The number of nitrogens with zero attached hydrogens (tertiary/aromatic N) is 1. The van der Waals surface area contributed by atoms with Gasteiger partial charge in [0.2, 0.25) is 0 Å². The monoisotopic (exact) mass is 438 g/mol. The average Bonchev–Trinajstić information content (AvgIpc) is 2.84. The average molecular weight is 438 g/mol. The minimum absolute atomic E-state index is 0.134. The number of hydrazone groups is 1. The van der Waals surface area contributed by atoms with Crippen LogP contribution in [0.1, 0.15) is 21.5 Å². The Kier molecular flexibility index (Phi) is 6.75. The van der Waals surface area contributed by atoms with Crippen LogP contribution in [0, 0.1) is 6.92 Å². The van der Waals surface area contributed by atoms with Gasteiger partial charge in [0.1, 0.15) is 11.5 Å². The van der Waals surface area contributed by atoms with Crippen LogP contribution in [0.4, 0.5) is 0 Å². The van der Waals surface area contributed by atoms with Crippen molar-refractivity contribution in [3.8, 4) is 11.5 Å². The molecule has 0 fully saturated rings. The van der Waals surface area contributed by atoms with Gasteiger partial charge in [-0.2, -0.15) is 5.10 Å². The van der Waals surface area contributed by atoms with Gasteiger partial charge in [-0.05, 0) is 65.2 Å². The highest BCUT2D eigenvalue weighted by Crippen LogP contribution is 2.21. The molecule has 0 saturated heterocycles. The Morgan fingerprint density at radius 2 is 1.61 bits per heavy atom. The van der Waals surface area contributed by atoms with Crippen LogP contribution in [0.3, 0.4) is 0 Å². The zero-order valence-corrected chi connectivity index (χ0v) is 18.0. The van der Waals surface area contributed by atoms with Crippen LogP contribution >= 0.6 is 0 Å². The van der Waals surface area contributed by atoms with Gasteiger partial charge in [-0.25, -0.2) is 10.2 Å². The van der Waals surface area contributed by atoms with Crippen molar-refractivity contribution in [3.63, 3.8) is 0 Å². The number of esters is 1. The van der Waals surface area contributed by atoms with Crippen LogP contribution < -0.4 is 14.9 Å². The van der Waals surface area contributed by atoms with Crippen LogP contribution in [0.15, 0.2) is 96.1 Å². The quantitative estimate of drug-likeness (QED) is 0.193. The number of amides is 1. The molecule has 4 aromatic rings. The van der Waals surface area contributed by atoms with E-state index in [2.05, 4.69) is 10.5 Å². The summed E-state index contributed by atoms with van der Waals surface area (Å²) < 4.78 is 11.0. The molecular formula is C27H22N2O4. The van der Waals surface area contributed by atoms with Gasteiger partial charge in [-0.1, -0.05) is 54.6 Å². The molecule has 4 aromatic carbocycles. The zero-order valence-electron chi connectivity index (χ0n) is 18.0. The molecule has 0 heterocycles. The van der Waals surface area contributed by atoms with Crippen molar-refractivity contribution in [1.29, 1.82) is 0 Å². The number of nitrogens with one attached hydrogen (secondary N) is 1. The lowest BCUT2D eigenvalue weighted by molar-refractivity contribution is -0.123. The van der Waals surface area contributed by atoms with Crippen molar-refractivity contribution in [2.75, 3.05) is 6.61 Å². The van der Waals surface area contributed by atoms with E-state index in [1.54, 1.807) is 36.4 Å². The summed E-state index contributed by atoms with van der Waals surface area (Å²) in [5, 5.41) is 5.76. The second kappa shape index (κ2) is 10.2. The van der Waals surface area contributed by atoms with Gasteiger partial charge in [0.05, 0.1) is 11.8 Å². The molecule has 0 bridgehead atoms. The molecule has 0 aliphatic rings. The van der Waals surface area contributed by atoms with Gasteiger partial charge >= 0.3 is 5.97 Å². The van der Waals surface area contributed by atoms with E-state index in [4.69, 9.17) is 9.47 Å². The number of hydrogen-bond acceptors (Lipinski definition) is 5. The molecule has 6 heteroatoms. The van der Waals surface area contributed by atoms with E-state index in [0.717, 1.165) is 21.9 Å². The first-order valence-corrected chi connectivity index (χ1v) is 10.4. The van der Waals surface area contributed by atoms with E-state index in [0.29, 0.717) is 17.1 Å². The smallest absolute Gasteiger partial charge is 0.344 e. The van der Waals surface area contributed by atoms with Crippen LogP contribution in [0.2, 0.25) is 0 Å². The first-order valence-electron chi connectivity index (χ1n) is 10.4.